The van der Waals surface area contributed by atoms with Gasteiger partial charge in [0.2, 0.25) is 0 Å². The van der Waals surface area contributed by atoms with E-state index in [-0.39, 0.29) is 11.3 Å². The first-order valence-corrected chi connectivity index (χ1v) is 7.87. The van der Waals surface area contributed by atoms with Crippen LogP contribution in [0.3, 0.4) is 0 Å². The summed E-state index contributed by atoms with van der Waals surface area (Å²) < 4.78 is 6.35. The number of halogens is 1. The van der Waals surface area contributed by atoms with Gasteiger partial charge in [-0.05, 0) is 59.7 Å². The molecule has 0 saturated heterocycles. The van der Waals surface area contributed by atoms with Crippen LogP contribution in [-0.2, 0) is 4.74 Å². The second-order valence-corrected chi connectivity index (χ2v) is 6.10. The summed E-state index contributed by atoms with van der Waals surface area (Å²) in [4.78, 5) is 16.3. The Morgan fingerprint density at radius 2 is 1.87 bits per heavy atom. The summed E-state index contributed by atoms with van der Waals surface area (Å²) in [6.45, 7) is 1.78. The first-order valence-electron chi connectivity index (χ1n) is 7.08. The van der Waals surface area contributed by atoms with Gasteiger partial charge in [0.25, 0.3) is 0 Å². The van der Waals surface area contributed by atoms with Gasteiger partial charge in [0.05, 0.1) is 0 Å². The lowest BCUT2D eigenvalue weighted by Crippen LogP contribution is -2.09. The van der Waals surface area contributed by atoms with Crippen molar-refractivity contribution in [3.63, 3.8) is 0 Å². The van der Waals surface area contributed by atoms with Gasteiger partial charge in [-0.2, -0.15) is 0 Å². The molecule has 2 aromatic carbocycles. The van der Waals surface area contributed by atoms with Crippen molar-refractivity contribution in [3.8, 4) is 5.75 Å². The number of phenols is 1. The number of aromatic nitrogens is 1. The number of fused-ring (bicyclic) bond motifs is 1. The van der Waals surface area contributed by atoms with E-state index in [4.69, 9.17) is 4.74 Å². The lowest BCUT2D eigenvalue weighted by Gasteiger charge is -2.14. The Morgan fingerprint density at radius 3 is 2.61 bits per heavy atom. The molecule has 1 heterocycles. The first-order chi connectivity index (χ1) is 11.0. The molecule has 3 rings (SSSR count). The van der Waals surface area contributed by atoms with Crippen LogP contribution in [0.15, 0.2) is 59.3 Å². The number of ether oxygens (including phenoxy) is 1. The first kappa shape index (κ1) is 15.5. The number of aromatic hydroxyl groups is 1. The molecular weight excluding hydrogens is 358 g/mol. The Labute approximate surface area is 141 Å². The Kier molecular flexibility index (Phi) is 4.30. The van der Waals surface area contributed by atoms with Gasteiger partial charge < -0.3 is 9.84 Å². The molecule has 116 valence electrons. The fourth-order valence-corrected chi connectivity index (χ4v) is 2.73. The Bertz CT molecular complexity index is 865. The van der Waals surface area contributed by atoms with Gasteiger partial charge in [0.1, 0.15) is 17.4 Å². The monoisotopic (exact) mass is 371 g/mol. The number of benzene rings is 2. The zero-order valence-corrected chi connectivity index (χ0v) is 13.9. The van der Waals surface area contributed by atoms with Crippen molar-refractivity contribution in [1.82, 2.24) is 4.98 Å². The quantitative estimate of drug-likeness (QED) is 0.682. The number of nitrogens with zero attached hydrogens (tertiary/aromatic N) is 1. The SMILES string of the molecule is C[C@H](OC(=O)c1cc2cc(Br)ccc2cc1O)c1ccncc1. The van der Waals surface area contributed by atoms with Gasteiger partial charge >= 0.3 is 5.97 Å². The van der Waals surface area contributed by atoms with Crippen LogP contribution < -0.4 is 0 Å². The third-order valence-corrected chi connectivity index (χ3v) is 4.09. The molecular formula is C18H14BrNO3. The van der Waals surface area contributed by atoms with E-state index >= 15 is 0 Å². The van der Waals surface area contributed by atoms with E-state index in [0.29, 0.717) is 0 Å². The van der Waals surface area contributed by atoms with E-state index in [0.717, 1.165) is 20.8 Å². The van der Waals surface area contributed by atoms with Gasteiger partial charge in [0, 0.05) is 16.9 Å². The smallest absolute Gasteiger partial charge is 0.342 e. The molecule has 0 aliphatic rings. The lowest BCUT2D eigenvalue weighted by molar-refractivity contribution is 0.0335. The second kappa shape index (κ2) is 6.38. The third kappa shape index (κ3) is 3.35. The van der Waals surface area contributed by atoms with E-state index in [1.54, 1.807) is 43.6 Å². The zero-order valence-electron chi connectivity index (χ0n) is 12.4. The molecule has 0 aliphatic carbocycles. The summed E-state index contributed by atoms with van der Waals surface area (Å²) in [6, 6.07) is 12.4. The summed E-state index contributed by atoms with van der Waals surface area (Å²) in [7, 11) is 0. The van der Waals surface area contributed by atoms with Crippen molar-refractivity contribution >= 4 is 32.7 Å². The number of phenolic OH excluding ortho intramolecular Hbond substituents is 1. The zero-order chi connectivity index (χ0) is 16.4. The largest absolute Gasteiger partial charge is 0.507 e. The average molecular weight is 372 g/mol. The normalized spacial score (nSPS) is 12.1. The van der Waals surface area contributed by atoms with Gasteiger partial charge in [-0.3, -0.25) is 4.98 Å². The van der Waals surface area contributed by atoms with Crippen LogP contribution in [0.1, 0.15) is 28.9 Å². The molecule has 0 amide bonds. The fraction of sp³-hybridized carbons (Fsp3) is 0.111. The summed E-state index contributed by atoms with van der Waals surface area (Å²) in [5.41, 5.74) is 0.993. The van der Waals surface area contributed by atoms with Crippen LogP contribution in [0.2, 0.25) is 0 Å². The van der Waals surface area contributed by atoms with Crippen LogP contribution in [0, 0.1) is 0 Å². The molecule has 3 aromatic rings. The number of hydrogen-bond donors (Lipinski definition) is 1. The number of pyridine rings is 1. The Hall–Kier alpha value is -2.40. The van der Waals surface area contributed by atoms with Gasteiger partial charge in [0.15, 0.2) is 0 Å². The van der Waals surface area contributed by atoms with E-state index in [1.807, 2.05) is 18.2 Å². The number of hydrogen-bond acceptors (Lipinski definition) is 4. The number of carbonyl (C=O) groups is 1. The molecule has 1 aromatic heterocycles. The standard InChI is InChI=1S/C18H14BrNO3/c1-11(12-4-6-20-7-5-12)23-18(22)16-9-14-8-15(19)3-2-13(14)10-17(16)21/h2-11,21H,1H3/t11-/m0/s1. The number of esters is 1. The van der Waals surface area contributed by atoms with Gasteiger partial charge in [-0.1, -0.05) is 22.0 Å². The van der Waals surface area contributed by atoms with E-state index in [9.17, 15) is 9.90 Å². The van der Waals surface area contributed by atoms with Crippen LogP contribution in [0.5, 0.6) is 5.75 Å². The second-order valence-electron chi connectivity index (χ2n) is 5.19. The van der Waals surface area contributed by atoms with Crippen LogP contribution in [0.25, 0.3) is 10.8 Å². The minimum atomic E-state index is -0.561. The molecule has 1 atom stereocenters. The third-order valence-electron chi connectivity index (χ3n) is 3.60. The van der Waals surface area contributed by atoms with Crippen molar-refractivity contribution in [3.05, 3.63) is 70.5 Å². The maximum Gasteiger partial charge on any atom is 0.342 e. The fourth-order valence-electron chi connectivity index (χ4n) is 2.35. The molecule has 0 saturated carbocycles. The minimum absolute atomic E-state index is 0.0910. The summed E-state index contributed by atoms with van der Waals surface area (Å²) >= 11 is 3.40. The highest BCUT2D eigenvalue weighted by Gasteiger charge is 2.18. The van der Waals surface area contributed by atoms with Crippen LogP contribution in [-0.4, -0.2) is 16.1 Å². The van der Waals surface area contributed by atoms with Crippen molar-refractivity contribution in [1.29, 1.82) is 0 Å². The average Bonchev–Trinajstić information content (AvgIpc) is 2.55. The molecule has 0 unspecified atom stereocenters. The predicted molar refractivity (Wildman–Crippen MR) is 91.4 cm³/mol. The van der Waals surface area contributed by atoms with Crippen molar-refractivity contribution in [2.24, 2.45) is 0 Å². The maximum absolute atomic E-state index is 12.4. The van der Waals surface area contributed by atoms with Gasteiger partial charge in [-0.15, -0.1) is 0 Å². The minimum Gasteiger partial charge on any atom is -0.507 e. The molecule has 0 aliphatic heterocycles. The molecule has 5 heteroatoms. The van der Waals surface area contributed by atoms with Crippen LogP contribution >= 0.6 is 15.9 Å². The number of rotatable bonds is 3. The van der Waals surface area contributed by atoms with E-state index < -0.39 is 12.1 Å². The number of carbonyl (C=O) groups excluding carboxylic acids is 1. The molecule has 0 bridgehead atoms. The van der Waals surface area contributed by atoms with Crippen LogP contribution in [0.4, 0.5) is 0 Å². The Balaban J connectivity index is 1.90. The molecule has 1 N–H and O–H groups in total. The molecule has 0 fully saturated rings. The maximum atomic E-state index is 12.4. The highest BCUT2D eigenvalue weighted by atomic mass is 79.9. The van der Waals surface area contributed by atoms with Gasteiger partial charge in [-0.25, -0.2) is 4.79 Å². The molecule has 0 spiro atoms. The van der Waals surface area contributed by atoms with Crippen molar-refractivity contribution < 1.29 is 14.6 Å². The Morgan fingerprint density at radius 1 is 1.13 bits per heavy atom. The molecule has 4 nitrogen and oxygen atoms in total. The van der Waals surface area contributed by atoms with E-state index in [2.05, 4.69) is 20.9 Å². The lowest BCUT2D eigenvalue weighted by atomic mass is 10.1. The predicted octanol–water partition coefficient (Wildman–Crippen LogP) is 4.62. The summed E-state index contributed by atoms with van der Waals surface area (Å²) in [5, 5.41) is 11.8. The molecule has 0 radical (unpaired) electrons. The summed E-state index contributed by atoms with van der Waals surface area (Å²) in [5.74, 6) is -0.652. The van der Waals surface area contributed by atoms with Crippen molar-refractivity contribution in [2.75, 3.05) is 0 Å². The molecule has 23 heavy (non-hydrogen) atoms. The topological polar surface area (TPSA) is 59.4 Å². The highest BCUT2D eigenvalue weighted by Crippen LogP contribution is 2.29. The van der Waals surface area contributed by atoms with E-state index in [1.165, 1.54) is 0 Å². The highest BCUT2D eigenvalue weighted by molar-refractivity contribution is 9.10. The summed E-state index contributed by atoms with van der Waals surface area (Å²) in [6.07, 6.45) is 2.86. The van der Waals surface area contributed by atoms with Crippen molar-refractivity contribution in [2.45, 2.75) is 13.0 Å².